The van der Waals surface area contributed by atoms with Crippen molar-refractivity contribution in [1.29, 1.82) is 0 Å². The Hall–Kier alpha value is -1.44. The Morgan fingerprint density at radius 3 is 3.12 bits per heavy atom. The summed E-state index contributed by atoms with van der Waals surface area (Å²) in [6, 6.07) is 1.70. The molecule has 3 heterocycles. The highest BCUT2D eigenvalue weighted by atomic mass is 16.5. The van der Waals surface area contributed by atoms with E-state index < -0.39 is 0 Å². The average molecular weight is 351 g/mol. The third-order valence-electron chi connectivity index (χ3n) is 5.21. The first-order valence-electron chi connectivity index (χ1n) is 9.05. The molecule has 0 unspecified atom stereocenters. The molecule has 2 aliphatic heterocycles. The fourth-order valence-electron chi connectivity index (χ4n) is 4.02. The minimum atomic E-state index is -0.195. The van der Waals surface area contributed by atoms with Crippen molar-refractivity contribution in [2.24, 2.45) is 5.92 Å². The van der Waals surface area contributed by atoms with Gasteiger partial charge in [-0.25, -0.2) is 0 Å². The molecule has 0 aromatic carbocycles. The quantitative estimate of drug-likeness (QED) is 0.775. The Bertz CT molecular complexity index is 591. The van der Waals surface area contributed by atoms with Crippen LogP contribution in [0, 0.1) is 12.8 Å². The first kappa shape index (κ1) is 18.4. The number of carbonyl (C=O) groups is 1. The van der Waals surface area contributed by atoms with Gasteiger partial charge >= 0.3 is 0 Å². The number of aromatic nitrogens is 1. The Kier molecular flexibility index (Phi) is 5.76. The lowest BCUT2D eigenvalue weighted by atomic mass is 9.86. The molecular formula is C18H29N3O4. The monoisotopic (exact) mass is 351 g/mol. The van der Waals surface area contributed by atoms with E-state index in [0.29, 0.717) is 23.9 Å². The second kappa shape index (κ2) is 7.85. The van der Waals surface area contributed by atoms with E-state index in [0.717, 1.165) is 52.1 Å². The molecule has 1 spiro atoms. The smallest absolute Gasteiger partial charge is 0.276 e. The number of methoxy groups -OCH3 is 1. The van der Waals surface area contributed by atoms with E-state index in [1.54, 1.807) is 20.1 Å². The Morgan fingerprint density at radius 1 is 1.56 bits per heavy atom. The van der Waals surface area contributed by atoms with Gasteiger partial charge in [-0.3, -0.25) is 4.79 Å². The first-order valence-corrected chi connectivity index (χ1v) is 9.05. The molecule has 2 saturated heterocycles. The van der Waals surface area contributed by atoms with Gasteiger partial charge in [0.05, 0.1) is 25.4 Å². The predicted molar refractivity (Wildman–Crippen MR) is 92.5 cm³/mol. The van der Waals surface area contributed by atoms with Crippen LogP contribution in [0.4, 0.5) is 0 Å². The van der Waals surface area contributed by atoms with E-state index in [4.69, 9.17) is 14.0 Å². The minimum Gasteiger partial charge on any atom is -0.383 e. The van der Waals surface area contributed by atoms with Crippen molar-refractivity contribution in [3.63, 3.8) is 0 Å². The number of rotatable bonds is 6. The second-order valence-corrected chi connectivity index (χ2v) is 7.47. The van der Waals surface area contributed by atoms with Crippen LogP contribution < -0.4 is 0 Å². The number of hydrogen-bond donors (Lipinski definition) is 0. The zero-order valence-corrected chi connectivity index (χ0v) is 15.5. The molecule has 1 aromatic rings. The van der Waals surface area contributed by atoms with Crippen molar-refractivity contribution >= 4 is 5.91 Å². The van der Waals surface area contributed by atoms with Crippen molar-refractivity contribution in [2.75, 3.05) is 53.6 Å². The van der Waals surface area contributed by atoms with Crippen molar-refractivity contribution in [1.82, 2.24) is 15.0 Å². The van der Waals surface area contributed by atoms with Crippen LogP contribution in [0.25, 0.3) is 0 Å². The Morgan fingerprint density at radius 2 is 2.40 bits per heavy atom. The number of piperidine rings is 1. The standard InChI is InChI=1S/C18H29N3O4/c1-14-9-16(19-25-14)17(22)21-6-4-5-18(13-21)10-15(12-24-18)11-20(2)7-8-23-3/h9,15H,4-8,10-13H2,1-3H3/t15-,18+/m0/s1. The number of likely N-dealkylation sites (tertiary alicyclic amines) is 1. The van der Waals surface area contributed by atoms with E-state index in [9.17, 15) is 4.79 Å². The summed E-state index contributed by atoms with van der Waals surface area (Å²) in [7, 11) is 3.85. The van der Waals surface area contributed by atoms with Crippen LogP contribution in [-0.2, 0) is 9.47 Å². The summed E-state index contributed by atoms with van der Waals surface area (Å²) in [4.78, 5) is 16.8. The summed E-state index contributed by atoms with van der Waals surface area (Å²) in [5, 5.41) is 3.86. The molecule has 1 amide bonds. The average Bonchev–Trinajstić information content (AvgIpc) is 3.19. The molecule has 3 rings (SSSR count). The molecule has 0 radical (unpaired) electrons. The molecule has 0 saturated carbocycles. The molecule has 7 nitrogen and oxygen atoms in total. The lowest BCUT2D eigenvalue weighted by molar-refractivity contribution is -0.0452. The third kappa shape index (κ3) is 4.40. The SMILES string of the molecule is COCCN(C)C[C@H]1CO[C@]2(CCCN(C(=O)c3cc(C)on3)C2)C1. The van der Waals surface area contributed by atoms with Gasteiger partial charge in [0.1, 0.15) is 5.76 Å². The molecule has 0 aliphatic carbocycles. The van der Waals surface area contributed by atoms with Gasteiger partial charge in [0.25, 0.3) is 5.91 Å². The number of ether oxygens (including phenoxy) is 2. The molecule has 2 atom stereocenters. The zero-order chi connectivity index (χ0) is 17.9. The highest BCUT2D eigenvalue weighted by molar-refractivity contribution is 5.92. The summed E-state index contributed by atoms with van der Waals surface area (Å²) in [6.07, 6.45) is 2.99. The highest BCUT2D eigenvalue weighted by Crippen LogP contribution is 2.38. The minimum absolute atomic E-state index is 0.0554. The van der Waals surface area contributed by atoms with Crippen molar-refractivity contribution < 1.29 is 18.8 Å². The number of hydrogen-bond acceptors (Lipinski definition) is 6. The third-order valence-corrected chi connectivity index (χ3v) is 5.21. The number of aryl methyl sites for hydroxylation is 1. The molecule has 2 aliphatic rings. The molecule has 25 heavy (non-hydrogen) atoms. The Labute approximate surface area is 149 Å². The summed E-state index contributed by atoms with van der Waals surface area (Å²) in [5.41, 5.74) is 0.197. The van der Waals surface area contributed by atoms with Crippen LogP contribution in [0.1, 0.15) is 35.5 Å². The van der Waals surface area contributed by atoms with E-state index in [2.05, 4.69) is 17.1 Å². The van der Waals surface area contributed by atoms with Crippen LogP contribution >= 0.6 is 0 Å². The maximum Gasteiger partial charge on any atom is 0.276 e. The molecule has 7 heteroatoms. The lowest BCUT2D eigenvalue weighted by Crippen LogP contribution is -2.50. The maximum absolute atomic E-state index is 12.7. The second-order valence-electron chi connectivity index (χ2n) is 7.47. The van der Waals surface area contributed by atoms with Gasteiger partial charge in [-0.15, -0.1) is 0 Å². The molecule has 140 valence electrons. The normalized spacial score (nSPS) is 26.7. The molecule has 0 N–H and O–H groups in total. The Balaban J connectivity index is 1.56. The maximum atomic E-state index is 12.7. The van der Waals surface area contributed by atoms with Crippen LogP contribution in [0.15, 0.2) is 10.6 Å². The summed E-state index contributed by atoms with van der Waals surface area (Å²) >= 11 is 0. The van der Waals surface area contributed by atoms with E-state index in [1.807, 2.05) is 4.90 Å². The zero-order valence-electron chi connectivity index (χ0n) is 15.5. The number of amides is 1. The van der Waals surface area contributed by atoms with Gasteiger partial charge in [0, 0.05) is 32.8 Å². The van der Waals surface area contributed by atoms with Gasteiger partial charge in [0.2, 0.25) is 0 Å². The fourth-order valence-corrected chi connectivity index (χ4v) is 4.02. The highest BCUT2D eigenvalue weighted by Gasteiger charge is 2.44. The van der Waals surface area contributed by atoms with Crippen LogP contribution in [0.3, 0.4) is 0 Å². The van der Waals surface area contributed by atoms with E-state index in [1.165, 1.54) is 0 Å². The van der Waals surface area contributed by atoms with Crippen molar-refractivity contribution in [2.45, 2.75) is 31.8 Å². The largest absolute Gasteiger partial charge is 0.383 e. The van der Waals surface area contributed by atoms with Crippen LogP contribution in [0.5, 0.6) is 0 Å². The fraction of sp³-hybridized carbons (Fsp3) is 0.778. The summed E-state index contributed by atoms with van der Waals surface area (Å²) < 4.78 is 16.4. The number of likely N-dealkylation sites (N-methyl/N-ethyl adjacent to an activating group) is 1. The lowest BCUT2D eigenvalue weighted by Gasteiger charge is -2.39. The predicted octanol–water partition coefficient (Wildman–Crippen LogP) is 1.57. The first-order chi connectivity index (χ1) is 12.0. The van der Waals surface area contributed by atoms with Crippen LogP contribution in [0.2, 0.25) is 0 Å². The van der Waals surface area contributed by atoms with Gasteiger partial charge < -0.3 is 23.8 Å². The van der Waals surface area contributed by atoms with Gasteiger partial charge in [-0.2, -0.15) is 0 Å². The summed E-state index contributed by atoms with van der Waals surface area (Å²) in [5.74, 6) is 1.11. The number of carbonyl (C=O) groups excluding carboxylic acids is 1. The van der Waals surface area contributed by atoms with Crippen LogP contribution in [-0.4, -0.2) is 80.0 Å². The van der Waals surface area contributed by atoms with E-state index >= 15 is 0 Å². The molecule has 1 aromatic heterocycles. The van der Waals surface area contributed by atoms with Gasteiger partial charge in [-0.1, -0.05) is 5.16 Å². The summed E-state index contributed by atoms with van der Waals surface area (Å²) in [6.45, 7) is 6.64. The molecular weight excluding hydrogens is 322 g/mol. The molecule has 2 fully saturated rings. The van der Waals surface area contributed by atoms with E-state index in [-0.39, 0.29) is 11.5 Å². The van der Waals surface area contributed by atoms with Gasteiger partial charge in [0.15, 0.2) is 5.69 Å². The van der Waals surface area contributed by atoms with Crippen molar-refractivity contribution in [3.05, 3.63) is 17.5 Å². The number of nitrogens with zero attached hydrogens (tertiary/aromatic N) is 3. The van der Waals surface area contributed by atoms with Crippen molar-refractivity contribution in [3.8, 4) is 0 Å². The van der Waals surface area contributed by atoms with Gasteiger partial charge in [-0.05, 0) is 39.2 Å². The topological polar surface area (TPSA) is 68.0 Å². The molecule has 0 bridgehead atoms.